The zero-order valence-corrected chi connectivity index (χ0v) is 10.1. The third-order valence-corrected chi connectivity index (χ3v) is 2.52. The van der Waals surface area contributed by atoms with E-state index < -0.39 is 5.79 Å². The van der Waals surface area contributed by atoms with Crippen molar-refractivity contribution in [3.8, 4) is 0 Å². The molecule has 0 bridgehead atoms. The predicted molar refractivity (Wildman–Crippen MR) is 73.3 cm³/mol. The summed E-state index contributed by atoms with van der Waals surface area (Å²) in [6.45, 7) is 7.37. The van der Waals surface area contributed by atoms with Crippen LogP contribution in [-0.4, -0.2) is 43.4 Å². The summed E-state index contributed by atoms with van der Waals surface area (Å²) in [6, 6.07) is 0.228. The van der Waals surface area contributed by atoms with Gasteiger partial charge < -0.3 is 5.32 Å². The number of nitrogens with two attached hydrogens (primary N) is 1. The van der Waals surface area contributed by atoms with Crippen molar-refractivity contribution in [3.05, 3.63) is 0 Å². The smallest absolute Gasteiger partial charge is 0.136 e. The summed E-state index contributed by atoms with van der Waals surface area (Å²) in [7, 11) is 3.82. The molecule has 2 unspecified atom stereocenters. The molecule has 0 fully saturated rings. The Balaban J connectivity index is 0. The molecule has 0 saturated heterocycles. The zero-order chi connectivity index (χ0) is 11.2. The van der Waals surface area contributed by atoms with Crippen molar-refractivity contribution in [1.29, 1.82) is 0 Å². The number of hydrogen-bond donors (Lipinski definition) is 4. The van der Waals surface area contributed by atoms with Crippen LogP contribution >= 0.6 is 0 Å². The van der Waals surface area contributed by atoms with Crippen molar-refractivity contribution in [2.45, 2.75) is 39.0 Å². The Kier molecular flexibility index (Phi) is 9.58. The van der Waals surface area contributed by atoms with Crippen LogP contribution in [0.25, 0.3) is 0 Å². The highest BCUT2D eigenvalue weighted by Gasteiger charge is 2.30. The van der Waals surface area contributed by atoms with E-state index in [-0.39, 0.29) is 17.0 Å². The Morgan fingerprint density at radius 1 is 1.27 bits per heavy atom. The summed E-state index contributed by atoms with van der Waals surface area (Å²) < 4.78 is 0. The van der Waals surface area contributed by atoms with Crippen LogP contribution in [0.2, 0.25) is 0 Å². The third-order valence-electron chi connectivity index (χ3n) is 2.52. The maximum atomic E-state index is 6.23. The summed E-state index contributed by atoms with van der Waals surface area (Å²) >= 11 is 0. The van der Waals surface area contributed by atoms with Gasteiger partial charge in [0.2, 0.25) is 0 Å². The monoisotopic (exact) mass is 234 g/mol. The summed E-state index contributed by atoms with van der Waals surface area (Å²) in [4.78, 5) is 0. The second-order valence-corrected chi connectivity index (χ2v) is 4.14. The lowest BCUT2D eigenvalue weighted by molar-refractivity contribution is 0.195. The normalized spacial score (nSPS) is 17.0. The topological polar surface area (TPSA) is 62.1 Å². The van der Waals surface area contributed by atoms with E-state index in [0.29, 0.717) is 5.92 Å². The van der Waals surface area contributed by atoms with Crippen molar-refractivity contribution in [1.82, 2.24) is 16.0 Å². The largest absolute Gasteiger partial charge is 0.313 e. The van der Waals surface area contributed by atoms with E-state index in [1.54, 1.807) is 0 Å². The van der Waals surface area contributed by atoms with E-state index in [4.69, 9.17) is 5.73 Å². The minimum atomic E-state index is -0.520. The molecule has 0 spiro atoms. The molecule has 0 aliphatic carbocycles. The Labute approximate surface area is 98.8 Å². The molecule has 4 nitrogen and oxygen atoms in total. The third kappa shape index (κ3) is 5.63. The van der Waals surface area contributed by atoms with Gasteiger partial charge in [0, 0.05) is 6.54 Å². The fourth-order valence-electron chi connectivity index (χ4n) is 1.51. The van der Waals surface area contributed by atoms with Gasteiger partial charge in [0.05, 0.1) is 6.04 Å². The second kappa shape index (κ2) is 8.24. The minimum absolute atomic E-state index is 0. The highest BCUT2D eigenvalue weighted by atomic mass is 28.1. The Bertz CT molecular complexity index is 150. The van der Waals surface area contributed by atoms with Gasteiger partial charge in [-0.3, -0.25) is 16.4 Å². The minimum Gasteiger partial charge on any atom is -0.313 e. The van der Waals surface area contributed by atoms with Crippen LogP contribution in [0.4, 0.5) is 0 Å². The van der Waals surface area contributed by atoms with Crippen molar-refractivity contribution in [3.63, 3.8) is 0 Å². The first-order valence-corrected chi connectivity index (χ1v) is 5.40. The van der Waals surface area contributed by atoms with Crippen LogP contribution in [0.3, 0.4) is 0 Å². The van der Waals surface area contributed by atoms with Crippen molar-refractivity contribution in [2.24, 2.45) is 11.7 Å². The van der Waals surface area contributed by atoms with Crippen LogP contribution in [0.5, 0.6) is 0 Å². The van der Waals surface area contributed by atoms with Gasteiger partial charge in [0.1, 0.15) is 5.79 Å². The highest BCUT2D eigenvalue weighted by molar-refractivity contribution is 5.75. The lowest BCUT2D eigenvalue weighted by Crippen LogP contribution is -2.73. The van der Waals surface area contributed by atoms with Gasteiger partial charge in [-0.1, -0.05) is 20.8 Å². The first kappa shape index (κ1) is 17.5. The molecular formula is C10H30N4Si. The maximum absolute atomic E-state index is 6.23. The van der Waals surface area contributed by atoms with Crippen LogP contribution < -0.4 is 21.7 Å². The van der Waals surface area contributed by atoms with Crippen molar-refractivity contribution >= 4 is 11.0 Å². The van der Waals surface area contributed by atoms with E-state index in [9.17, 15) is 0 Å². The molecule has 0 heterocycles. The molecule has 0 rings (SSSR count). The molecule has 2 atom stereocenters. The number of likely N-dealkylation sites (N-methyl/N-ethyl adjacent to an activating group) is 2. The molecule has 0 aromatic rings. The maximum Gasteiger partial charge on any atom is 0.136 e. The molecule has 0 aliphatic heterocycles. The van der Waals surface area contributed by atoms with E-state index >= 15 is 0 Å². The number of rotatable bonds is 7. The molecule has 0 aliphatic rings. The van der Waals surface area contributed by atoms with Gasteiger partial charge in [-0.15, -0.1) is 0 Å². The van der Waals surface area contributed by atoms with Gasteiger partial charge in [0.15, 0.2) is 0 Å². The zero-order valence-electron chi connectivity index (χ0n) is 10.1. The molecule has 15 heavy (non-hydrogen) atoms. The fourth-order valence-corrected chi connectivity index (χ4v) is 1.51. The van der Waals surface area contributed by atoms with E-state index in [2.05, 4.69) is 36.7 Å². The Hall–Kier alpha value is 0.0569. The van der Waals surface area contributed by atoms with E-state index in [0.717, 1.165) is 13.0 Å². The van der Waals surface area contributed by atoms with Gasteiger partial charge in [-0.25, -0.2) is 0 Å². The van der Waals surface area contributed by atoms with Crippen LogP contribution in [0.15, 0.2) is 0 Å². The lowest BCUT2D eigenvalue weighted by Gasteiger charge is -2.38. The second-order valence-electron chi connectivity index (χ2n) is 4.14. The molecule has 0 saturated carbocycles. The first-order valence-electron chi connectivity index (χ1n) is 5.40. The van der Waals surface area contributed by atoms with Crippen LogP contribution in [-0.2, 0) is 0 Å². The molecule has 5 N–H and O–H groups in total. The van der Waals surface area contributed by atoms with Gasteiger partial charge in [0.25, 0.3) is 0 Å². The predicted octanol–water partition coefficient (Wildman–Crippen LogP) is -1.39. The van der Waals surface area contributed by atoms with Gasteiger partial charge in [-0.05, 0) is 37.4 Å². The van der Waals surface area contributed by atoms with Crippen molar-refractivity contribution < 1.29 is 0 Å². The molecule has 5 heteroatoms. The average molecular weight is 234 g/mol. The lowest BCUT2D eigenvalue weighted by atomic mass is 10.1. The Morgan fingerprint density at radius 3 is 2.07 bits per heavy atom. The molecule has 0 aromatic carbocycles. The van der Waals surface area contributed by atoms with Gasteiger partial charge >= 0.3 is 0 Å². The highest BCUT2D eigenvalue weighted by Crippen LogP contribution is 2.04. The van der Waals surface area contributed by atoms with Crippen LogP contribution in [0.1, 0.15) is 27.2 Å². The molecular weight excluding hydrogens is 204 g/mol. The fraction of sp³-hybridized carbons (Fsp3) is 1.00. The van der Waals surface area contributed by atoms with Gasteiger partial charge in [-0.2, -0.15) is 0 Å². The molecule has 0 aromatic heterocycles. The Morgan fingerprint density at radius 2 is 1.80 bits per heavy atom. The first-order chi connectivity index (χ1) is 6.50. The van der Waals surface area contributed by atoms with E-state index in [1.807, 2.05) is 14.1 Å². The number of nitrogens with one attached hydrogen (secondary N) is 3. The SMILES string of the molecule is CCC(NC)C(N)(NC)NCC(C)C.[SiH4]. The summed E-state index contributed by atoms with van der Waals surface area (Å²) in [6.07, 6.45) is 0.985. The number of hydrogen-bond acceptors (Lipinski definition) is 4. The molecule has 0 radical (unpaired) electrons. The summed E-state index contributed by atoms with van der Waals surface area (Å²) in [5.41, 5.74) is 6.23. The molecule has 94 valence electrons. The van der Waals surface area contributed by atoms with Crippen molar-refractivity contribution in [2.75, 3.05) is 20.6 Å². The summed E-state index contributed by atoms with van der Waals surface area (Å²) in [5.74, 6) is 0.0777. The average Bonchev–Trinajstić information content (AvgIpc) is 2.16. The quantitative estimate of drug-likeness (QED) is 0.324. The van der Waals surface area contributed by atoms with E-state index in [1.165, 1.54) is 0 Å². The molecule has 0 amide bonds. The standard InChI is InChI=1S/C10H26N4.H4Si/c1-6-9(12-4)10(11,13-5)14-7-8(2)3;/h8-9,12-14H,6-7,11H2,1-5H3;1H4. The summed E-state index contributed by atoms with van der Waals surface area (Å²) in [5, 5.41) is 9.71. The van der Waals surface area contributed by atoms with Crippen LogP contribution in [0, 0.1) is 5.92 Å².